The van der Waals surface area contributed by atoms with E-state index in [-0.39, 0.29) is 11.5 Å². The Labute approximate surface area is 199 Å². The normalized spacial score (nSPS) is 12.2. The Hall–Kier alpha value is -3.70. The molecule has 4 rings (SSSR count). The summed E-state index contributed by atoms with van der Waals surface area (Å²) in [6, 6.07) is 13.6. The van der Waals surface area contributed by atoms with E-state index in [1.165, 1.54) is 11.8 Å². The smallest absolute Gasteiger partial charge is 0.262 e. The van der Waals surface area contributed by atoms with E-state index < -0.39 is 11.2 Å². The third kappa shape index (κ3) is 4.66. The van der Waals surface area contributed by atoms with Crippen LogP contribution in [0.2, 0.25) is 0 Å². The Morgan fingerprint density at radius 3 is 2.59 bits per heavy atom. The van der Waals surface area contributed by atoms with Crippen LogP contribution < -0.4 is 16.6 Å². The number of nitrogens with two attached hydrogens (primary N) is 1. The van der Waals surface area contributed by atoms with Gasteiger partial charge in [-0.15, -0.1) is 10.2 Å². The molecule has 176 valence electrons. The average Bonchev–Trinajstić information content (AvgIpc) is 3.25. The molecule has 34 heavy (non-hydrogen) atoms. The largest absolute Gasteiger partial charge is 0.385 e. The molecule has 0 aliphatic carbocycles. The second-order valence-electron chi connectivity index (χ2n) is 7.63. The molecule has 3 N–H and O–H groups in total. The van der Waals surface area contributed by atoms with Gasteiger partial charge in [0.05, 0.1) is 16.2 Å². The zero-order valence-electron chi connectivity index (χ0n) is 18.7. The first-order valence-electron chi connectivity index (χ1n) is 10.6. The maximum absolute atomic E-state index is 13.1. The second-order valence-corrected chi connectivity index (χ2v) is 8.94. The number of para-hydroxylation sites is 1. The number of methoxy groups -OCH3 is 1. The third-order valence-electron chi connectivity index (χ3n) is 5.30. The van der Waals surface area contributed by atoms with E-state index >= 15 is 0 Å². The van der Waals surface area contributed by atoms with E-state index in [0.29, 0.717) is 52.7 Å². The molecule has 2 aromatic heterocycles. The van der Waals surface area contributed by atoms with Crippen molar-refractivity contribution in [3.63, 3.8) is 0 Å². The fraction of sp³-hybridized carbons (Fsp3) is 0.261. The van der Waals surface area contributed by atoms with Gasteiger partial charge in [0.25, 0.3) is 5.56 Å². The number of hydrogen-bond acceptors (Lipinski definition) is 7. The van der Waals surface area contributed by atoms with E-state index in [1.54, 1.807) is 53.3 Å². The number of rotatable bonds is 9. The quantitative estimate of drug-likeness (QED) is 0.277. The van der Waals surface area contributed by atoms with Gasteiger partial charge < -0.3 is 15.8 Å². The number of ether oxygens (including phenoxy) is 1. The van der Waals surface area contributed by atoms with Crippen LogP contribution in [0.4, 0.5) is 5.69 Å². The van der Waals surface area contributed by atoms with E-state index in [4.69, 9.17) is 10.5 Å². The molecule has 1 atom stereocenters. The van der Waals surface area contributed by atoms with Crippen LogP contribution in [0.1, 0.15) is 23.7 Å². The molecule has 0 radical (unpaired) electrons. The Balaban J connectivity index is 1.63. The van der Waals surface area contributed by atoms with Crippen molar-refractivity contribution in [2.75, 3.05) is 19.0 Å². The number of aryl methyl sites for hydroxylation is 1. The highest BCUT2D eigenvalue weighted by Gasteiger charge is 2.21. The van der Waals surface area contributed by atoms with Gasteiger partial charge in [0, 0.05) is 31.5 Å². The molecule has 0 fully saturated rings. The van der Waals surface area contributed by atoms with Crippen LogP contribution in [0.3, 0.4) is 0 Å². The minimum atomic E-state index is -0.534. The molecular weight excluding hydrogens is 456 g/mol. The SMILES string of the molecule is COCCCn1c(=O)c2ccccc2n2c(SC(C)C(=O)Nc3ccc(C(N)=O)cc3)nnc12. The Kier molecular flexibility index (Phi) is 6.94. The molecule has 0 aliphatic rings. The van der Waals surface area contributed by atoms with Crippen molar-refractivity contribution in [2.45, 2.75) is 30.3 Å². The van der Waals surface area contributed by atoms with Crippen molar-refractivity contribution in [3.05, 3.63) is 64.4 Å². The molecule has 0 aliphatic heterocycles. The summed E-state index contributed by atoms with van der Waals surface area (Å²) >= 11 is 1.24. The first-order valence-corrected chi connectivity index (χ1v) is 11.5. The molecule has 2 amide bonds. The van der Waals surface area contributed by atoms with Gasteiger partial charge in [0.2, 0.25) is 17.6 Å². The van der Waals surface area contributed by atoms with Crippen molar-refractivity contribution in [2.24, 2.45) is 5.73 Å². The lowest BCUT2D eigenvalue weighted by atomic mass is 10.2. The summed E-state index contributed by atoms with van der Waals surface area (Å²) < 4.78 is 8.52. The highest BCUT2D eigenvalue weighted by Crippen LogP contribution is 2.26. The zero-order chi connectivity index (χ0) is 24.2. The molecular formula is C23H24N6O4S. The predicted molar refractivity (Wildman–Crippen MR) is 130 cm³/mol. The van der Waals surface area contributed by atoms with E-state index in [0.717, 1.165) is 0 Å². The summed E-state index contributed by atoms with van der Waals surface area (Å²) in [5, 5.41) is 11.9. The summed E-state index contributed by atoms with van der Waals surface area (Å²) in [6.45, 7) is 2.70. The van der Waals surface area contributed by atoms with Crippen LogP contribution in [0.25, 0.3) is 16.7 Å². The molecule has 0 saturated carbocycles. The number of benzene rings is 2. The topological polar surface area (TPSA) is 134 Å². The predicted octanol–water partition coefficient (Wildman–Crippen LogP) is 2.30. The standard InChI is InChI=1S/C23H24N6O4S/c1-14(20(31)25-16-10-8-15(9-11-16)19(24)30)34-23-27-26-22-28(12-5-13-33-2)21(32)17-6-3-4-7-18(17)29(22)23/h3-4,6-11,14H,5,12-13H2,1-2H3,(H2,24,30)(H,25,31). The van der Waals surface area contributed by atoms with Gasteiger partial charge in [-0.3, -0.25) is 23.4 Å². The van der Waals surface area contributed by atoms with Crippen LogP contribution in [-0.4, -0.2) is 49.9 Å². The maximum Gasteiger partial charge on any atom is 0.262 e. The van der Waals surface area contributed by atoms with E-state index in [2.05, 4.69) is 15.5 Å². The summed E-state index contributed by atoms with van der Waals surface area (Å²) in [5.74, 6) is -0.364. The monoisotopic (exact) mass is 480 g/mol. The van der Waals surface area contributed by atoms with Crippen LogP contribution >= 0.6 is 11.8 Å². The Morgan fingerprint density at radius 2 is 1.88 bits per heavy atom. The van der Waals surface area contributed by atoms with Gasteiger partial charge >= 0.3 is 0 Å². The van der Waals surface area contributed by atoms with Gasteiger partial charge in [-0.25, -0.2) is 0 Å². The Bertz CT molecular complexity index is 1410. The van der Waals surface area contributed by atoms with Crippen molar-refractivity contribution < 1.29 is 14.3 Å². The van der Waals surface area contributed by atoms with Crippen LogP contribution in [0.15, 0.2) is 58.5 Å². The number of fused-ring (bicyclic) bond motifs is 3. The van der Waals surface area contributed by atoms with Gasteiger partial charge in [-0.2, -0.15) is 0 Å². The summed E-state index contributed by atoms with van der Waals surface area (Å²) in [6.07, 6.45) is 0.646. The number of carbonyl (C=O) groups is 2. The molecule has 2 aromatic carbocycles. The Morgan fingerprint density at radius 1 is 1.15 bits per heavy atom. The highest BCUT2D eigenvalue weighted by atomic mass is 32.2. The number of primary amides is 1. The number of anilines is 1. The van der Waals surface area contributed by atoms with Gasteiger partial charge in [0.15, 0.2) is 5.16 Å². The van der Waals surface area contributed by atoms with Gasteiger partial charge in [-0.1, -0.05) is 23.9 Å². The number of nitrogens with zero attached hydrogens (tertiary/aromatic N) is 4. The van der Waals surface area contributed by atoms with Crippen LogP contribution in [0.5, 0.6) is 0 Å². The first-order chi connectivity index (χ1) is 16.4. The van der Waals surface area contributed by atoms with Gasteiger partial charge in [0.1, 0.15) is 0 Å². The number of thioether (sulfide) groups is 1. The third-order valence-corrected chi connectivity index (χ3v) is 6.34. The molecule has 2 heterocycles. The minimum absolute atomic E-state index is 0.145. The minimum Gasteiger partial charge on any atom is -0.385 e. The first kappa shape index (κ1) is 23.5. The fourth-order valence-corrected chi connectivity index (χ4v) is 4.41. The number of carbonyl (C=O) groups excluding carboxylic acids is 2. The van der Waals surface area contributed by atoms with Gasteiger partial charge in [-0.05, 0) is 49.7 Å². The molecule has 11 heteroatoms. The lowest BCUT2D eigenvalue weighted by Gasteiger charge is -2.13. The van der Waals surface area contributed by atoms with E-state index in [1.807, 2.05) is 18.2 Å². The van der Waals surface area contributed by atoms with E-state index in [9.17, 15) is 14.4 Å². The molecule has 10 nitrogen and oxygen atoms in total. The number of hydrogen-bond donors (Lipinski definition) is 2. The highest BCUT2D eigenvalue weighted by molar-refractivity contribution is 8.00. The summed E-state index contributed by atoms with van der Waals surface area (Å²) in [7, 11) is 1.61. The fourth-order valence-electron chi connectivity index (χ4n) is 3.55. The molecule has 0 bridgehead atoms. The van der Waals surface area contributed by atoms with Crippen molar-refractivity contribution in [3.8, 4) is 0 Å². The molecule has 1 unspecified atom stereocenters. The summed E-state index contributed by atoms with van der Waals surface area (Å²) in [5.41, 5.74) is 6.69. The number of amides is 2. The number of aromatic nitrogens is 4. The van der Waals surface area contributed by atoms with Crippen molar-refractivity contribution >= 4 is 45.9 Å². The molecule has 0 spiro atoms. The second kappa shape index (κ2) is 10.1. The van der Waals surface area contributed by atoms with Crippen molar-refractivity contribution in [1.82, 2.24) is 19.2 Å². The average molecular weight is 481 g/mol. The summed E-state index contributed by atoms with van der Waals surface area (Å²) in [4.78, 5) is 37.1. The molecule has 4 aromatic rings. The van der Waals surface area contributed by atoms with Crippen LogP contribution in [-0.2, 0) is 16.1 Å². The lowest BCUT2D eigenvalue weighted by Crippen LogP contribution is -2.24. The lowest BCUT2D eigenvalue weighted by molar-refractivity contribution is -0.115. The van der Waals surface area contributed by atoms with Crippen molar-refractivity contribution in [1.29, 1.82) is 0 Å². The number of nitrogens with one attached hydrogen (secondary N) is 1. The molecule has 0 saturated heterocycles. The zero-order valence-corrected chi connectivity index (χ0v) is 19.5. The maximum atomic E-state index is 13.1. The van der Waals surface area contributed by atoms with Crippen LogP contribution in [0, 0.1) is 0 Å².